The zero-order chi connectivity index (χ0) is 11.4. The van der Waals surface area contributed by atoms with E-state index < -0.39 is 0 Å². The van der Waals surface area contributed by atoms with Crippen molar-refractivity contribution in [3.05, 3.63) is 28.3 Å². The number of rotatable bonds is 4. The van der Waals surface area contributed by atoms with E-state index in [0.717, 1.165) is 0 Å². The second-order valence-electron chi connectivity index (χ2n) is 2.98. The summed E-state index contributed by atoms with van der Waals surface area (Å²) in [6.07, 6.45) is 0.608. The van der Waals surface area contributed by atoms with Crippen LogP contribution in [-0.4, -0.2) is 18.7 Å². The van der Waals surface area contributed by atoms with Crippen molar-refractivity contribution < 1.29 is 14.3 Å². The summed E-state index contributed by atoms with van der Waals surface area (Å²) in [6, 6.07) is 3.06. The predicted molar refractivity (Wildman–Crippen MR) is 58.0 cm³/mol. The van der Waals surface area contributed by atoms with Gasteiger partial charge in [0.1, 0.15) is 5.75 Å². The molecule has 0 spiro atoms. The lowest BCUT2D eigenvalue weighted by Gasteiger charge is -2.08. The van der Waals surface area contributed by atoms with Crippen molar-refractivity contribution in [1.82, 2.24) is 0 Å². The molecule has 0 aromatic heterocycles. The summed E-state index contributed by atoms with van der Waals surface area (Å²) in [4.78, 5) is 21.9. The lowest BCUT2D eigenvalue weighted by molar-refractivity contribution is 0.101. The van der Waals surface area contributed by atoms with Crippen molar-refractivity contribution in [2.24, 2.45) is 0 Å². The molecule has 1 aromatic carbocycles. The molecule has 0 unspecified atom stereocenters. The predicted octanol–water partition coefficient (Wildman–Crippen LogP) is 2.75. The quantitative estimate of drug-likeness (QED) is 0.586. The number of benzene rings is 1. The summed E-state index contributed by atoms with van der Waals surface area (Å²) in [6.45, 7) is 3.69. The Kier molecular flexibility index (Phi) is 3.86. The Morgan fingerprint density at radius 3 is 2.67 bits per heavy atom. The van der Waals surface area contributed by atoms with Gasteiger partial charge in [-0.2, -0.15) is 0 Å². The first-order valence-corrected chi connectivity index (χ1v) is 4.90. The summed E-state index contributed by atoms with van der Waals surface area (Å²) < 4.78 is 5.22. The molecule has 0 aliphatic heterocycles. The molecule has 15 heavy (non-hydrogen) atoms. The third-order valence-corrected chi connectivity index (χ3v) is 2.31. The van der Waals surface area contributed by atoms with Crippen LogP contribution in [0, 0.1) is 0 Å². The second-order valence-corrected chi connectivity index (χ2v) is 3.36. The first-order chi connectivity index (χ1) is 7.10. The van der Waals surface area contributed by atoms with E-state index in [-0.39, 0.29) is 16.4 Å². The molecule has 0 bridgehead atoms. The molecule has 1 rings (SSSR count). The van der Waals surface area contributed by atoms with Gasteiger partial charge in [-0.3, -0.25) is 9.59 Å². The van der Waals surface area contributed by atoms with E-state index in [1.54, 1.807) is 6.07 Å². The molecule has 0 N–H and O–H groups in total. The van der Waals surface area contributed by atoms with Gasteiger partial charge in [-0.05, 0) is 26.0 Å². The van der Waals surface area contributed by atoms with Gasteiger partial charge in [0.25, 0.3) is 0 Å². The molecule has 80 valence electrons. The molecule has 1 aromatic rings. The first-order valence-electron chi connectivity index (χ1n) is 4.52. The highest BCUT2D eigenvalue weighted by molar-refractivity contribution is 6.36. The molecule has 3 nitrogen and oxygen atoms in total. The Morgan fingerprint density at radius 1 is 1.53 bits per heavy atom. The van der Waals surface area contributed by atoms with Crippen molar-refractivity contribution in [3.8, 4) is 5.75 Å². The second kappa shape index (κ2) is 4.94. The molecule has 0 saturated carbocycles. The Labute approximate surface area is 93.0 Å². The molecule has 0 fully saturated rings. The maximum absolute atomic E-state index is 11.2. The number of ketones is 1. The molecule has 0 aliphatic rings. The number of aldehydes is 1. The number of carbonyl (C=O) groups is 2. The molecular weight excluding hydrogens is 216 g/mol. The highest BCUT2D eigenvalue weighted by Crippen LogP contribution is 2.26. The van der Waals surface area contributed by atoms with Crippen LogP contribution in [-0.2, 0) is 0 Å². The van der Waals surface area contributed by atoms with Crippen LogP contribution in [0.3, 0.4) is 0 Å². The number of ether oxygens (including phenoxy) is 1. The Hall–Kier alpha value is -1.35. The van der Waals surface area contributed by atoms with Crippen LogP contribution in [0.15, 0.2) is 12.1 Å². The van der Waals surface area contributed by atoms with Gasteiger partial charge >= 0.3 is 0 Å². The standard InChI is InChI=1S/C11H11ClO3/c1-3-15-9-4-8(6-13)11(12)10(5-9)7(2)14/h4-6H,3H2,1-2H3. The largest absolute Gasteiger partial charge is 0.494 e. The van der Waals surface area contributed by atoms with E-state index in [2.05, 4.69) is 0 Å². The van der Waals surface area contributed by atoms with E-state index in [9.17, 15) is 9.59 Å². The molecule has 0 saturated heterocycles. The van der Waals surface area contributed by atoms with Gasteiger partial charge < -0.3 is 4.74 Å². The lowest BCUT2D eigenvalue weighted by Crippen LogP contribution is -2.00. The number of halogens is 1. The summed E-state index contributed by atoms with van der Waals surface area (Å²) in [5.41, 5.74) is 0.581. The smallest absolute Gasteiger partial charge is 0.161 e. The van der Waals surface area contributed by atoms with E-state index in [0.29, 0.717) is 24.2 Å². The van der Waals surface area contributed by atoms with Crippen molar-refractivity contribution >= 4 is 23.7 Å². The zero-order valence-corrected chi connectivity index (χ0v) is 9.30. The molecule has 0 heterocycles. The molecule has 0 radical (unpaired) electrons. The lowest BCUT2D eigenvalue weighted by atomic mass is 10.1. The van der Waals surface area contributed by atoms with E-state index in [1.165, 1.54) is 13.0 Å². The van der Waals surface area contributed by atoms with Gasteiger partial charge in [0.05, 0.1) is 11.6 Å². The average Bonchev–Trinajstić information content (AvgIpc) is 2.20. The van der Waals surface area contributed by atoms with E-state index in [4.69, 9.17) is 16.3 Å². The maximum Gasteiger partial charge on any atom is 0.161 e. The van der Waals surface area contributed by atoms with Crippen molar-refractivity contribution in [2.45, 2.75) is 13.8 Å². The van der Waals surface area contributed by atoms with Crippen LogP contribution in [0.25, 0.3) is 0 Å². The Balaban J connectivity index is 3.31. The fraction of sp³-hybridized carbons (Fsp3) is 0.273. The molecule has 0 amide bonds. The van der Waals surface area contributed by atoms with Gasteiger partial charge in [0.15, 0.2) is 12.1 Å². The topological polar surface area (TPSA) is 43.4 Å². The Morgan fingerprint density at radius 2 is 2.20 bits per heavy atom. The fourth-order valence-corrected chi connectivity index (χ4v) is 1.50. The highest BCUT2D eigenvalue weighted by atomic mass is 35.5. The minimum atomic E-state index is -0.190. The molecule has 0 atom stereocenters. The van der Waals surface area contributed by atoms with Crippen molar-refractivity contribution in [3.63, 3.8) is 0 Å². The summed E-state index contributed by atoms with van der Waals surface area (Å²) in [5.74, 6) is 0.291. The number of hydrogen-bond acceptors (Lipinski definition) is 3. The van der Waals surface area contributed by atoms with Gasteiger partial charge in [-0.1, -0.05) is 11.6 Å². The van der Waals surface area contributed by atoms with E-state index in [1.807, 2.05) is 6.92 Å². The SMILES string of the molecule is CCOc1cc(C=O)c(Cl)c(C(C)=O)c1. The van der Waals surface area contributed by atoms with Crippen LogP contribution in [0.4, 0.5) is 0 Å². The highest BCUT2D eigenvalue weighted by Gasteiger charge is 2.12. The average molecular weight is 227 g/mol. The normalized spacial score (nSPS) is 9.80. The fourth-order valence-electron chi connectivity index (χ4n) is 1.21. The van der Waals surface area contributed by atoms with Gasteiger partial charge in [-0.25, -0.2) is 0 Å². The number of carbonyl (C=O) groups excluding carboxylic acids is 2. The first kappa shape index (κ1) is 11.7. The summed E-state index contributed by atoms with van der Waals surface area (Å²) in [5, 5.41) is 0.181. The minimum absolute atomic E-state index is 0.181. The molecular formula is C11H11ClO3. The monoisotopic (exact) mass is 226 g/mol. The van der Waals surface area contributed by atoms with Crippen LogP contribution in [0.2, 0.25) is 5.02 Å². The zero-order valence-electron chi connectivity index (χ0n) is 8.54. The van der Waals surface area contributed by atoms with E-state index >= 15 is 0 Å². The number of hydrogen-bond donors (Lipinski definition) is 0. The van der Waals surface area contributed by atoms with Crippen LogP contribution in [0.5, 0.6) is 5.75 Å². The van der Waals surface area contributed by atoms with Crippen molar-refractivity contribution in [1.29, 1.82) is 0 Å². The third kappa shape index (κ3) is 2.57. The van der Waals surface area contributed by atoms with Gasteiger partial charge in [0, 0.05) is 11.1 Å². The van der Waals surface area contributed by atoms with Crippen LogP contribution >= 0.6 is 11.6 Å². The molecule has 4 heteroatoms. The van der Waals surface area contributed by atoms with Crippen LogP contribution in [0.1, 0.15) is 34.6 Å². The third-order valence-electron chi connectivity index (χ3n) is 1.89. The Bertz CT molecular complexity index is 399. The molecule has 0 aliphatic carbocycles. The minimum Gasteiger partial charge on any atom is -0.494 e. The van der Waals surface area contributed by atoms with Crippen molar-refractivity contribution in [2.75, 3.05) is 6.61 Å². The maximum atomic E-state index is 11.2. The van der Waals surface area contributed by atoms with Gasteiger partial charge in [0.2, 0.25) is 0 Å². The van der Waals surface area contributed by atoms with Gasteiger partial charge in [-0.15, -0.1) is 0 Å². The number of Topliss-reactive ketones (excluding diaryl/α,β-unsaturated/α-hetero) is 1. The summed E-state index contributed by atoms with van der Waals surface area (Å²) >= 11 is 5.87. The summed E-state index contributed by atoms with van der Waals surface area (Å²) in [7, 11) is 0. The van der Waals surface area contributed by atoms with Crippen LogP contribution < -0.4 is 4.74 Å².